The number of hydrogen-bond acceptors (Lipinski definition) is 5. The second-order valence-corrected chi connectivity index (χ2v) is 6.07. The van der Waals surface area contributed by atoms with Gasteiger partial charge in [0.15, 0.2) is 0 Å². The molecule has 26 heavy (non-hydrogen) atoms. The van der Waals surface area contributed by atoms with Gasteiger partial charge in [0.2, 0.25) is 0 Å². The molecule has 0 aliphatic heterocycles. The van der Waals surface area contributed by atoms with E-state index in [2.05, 4.69) is 38.3 Å². The van der Waals surface area contributed by atoms with Gasteiger partial charge >= 0.3 is 0 Å². The van der Waals surface area contributed by atoms with Crippen LogP contribution in [0.25, 0.3) is 11.4 Å². The molecule has 0 bridgehead atoms. The Morgan fingerprint density at radius 3 is 1.92 bits per heavy atom. The highest BCUT2D eigenvalue weighted by Crippen LogP contribution is 2.27. The lowest BCUT2D eigenvalue weighted by molar-refractivity contribution is -0.384. The molecule has 0 radical (unpaired) electrons. The minimum Gasteiger partial charge on any atom is -0.397 e. The molecule has 0 fully saturated rings. The number of nitrogens with two attached hydrogens (primary N) is 2. The molecule has 0 amide bonds. The van der Waals surface area contributed by atoms with E-state index < -0.39 is 4.92 Å². The number of nitrogens with one attached hydrogen (secondary N) is 1. The van der Waals surface area contributed by atoms with Crippen LogP contribution in [0.1, 0.15) is 48.6 Å². The van der Waals surface area contributed by atoms with Crippen LogP contribution in [-0.2, 0) is 19.3 Å². The summed E-state index contributed by atoms with van der Waals surface area (Å²) in [5, 5.41) is 10.8. The molecule has 0 spiro atoms. The number of nitrogens with zero attached hydrogens (tertiary/aromatic N) is 1. The van der Waals surface area contributed by atoms with E-state index >= 15 is 0 Å². The molecule has 2 aromatic rings. The summed E-state index contributed by atoms with van der Waals surface area (Å²) in [5.41, 5.74) is 15.7. The predicted molar refractivity (Wildman–Crippen MR) is 106 cm³/mol. The van der Waals surface area contributed by atoms with Gasteiger partial charge in [0.05, 0.1) is 16.3 Å². The second-order valence-electron chi connectivity index (χ2n) is 6.07. The maximum Gasteiger partial charge on any atom is 0.269 e. The van der Waals surface area contributed by atoms with Gasteiger partial charge < -0.3 is 11.2 Å². The smallest absolute Gasteiger partial charge is 0.269 e. The van der Waals surface area contributed by atoms with Crippen molar-refractivity contribution in [3.8, 4) is 0 Å². The van der Waals surface area contributed by atoms with Crippen molar-refractivity contribution in [1.29, 1.82) is 0 Å². The first-order chi connectivity index (χ1) is 12.5. The maximum absolute atomic E-state index is 10.8. The van der Waals surface area contributed by atoms with E-state index in [1.54, 1.807) is 12.1 Å². The van der Waals surface area contributed by atoms with Crippen LogP contribution in [0.5, 0.6) is 0 Å². The minimum absolute atomic E-state index is 0.0255. The van der Waals surface area contributed by atoms with Crippen LogP contribution in [0, 0.1) is 10.1 Å². The molecule has 6 nitrogen and oxygen atoms in total. The van der Waals surface area contributed by atoms with E-state index in [-0.39, 0.29) is 5.69 Å². The van der Waals surface area contributed by atoms with Crippen molar-refractivity contribution in [2.24, 2.45) is 11.6 Å². The van der Waals surface area contributed by atoms with Crippen LogP contribution >= 0.6 is 0 Å². The third-order valence-corrected chi connectivity index (χ3v) is 4.64. The third-order valence-electron chi connectivity index (χ3n) is 4.64. The number of nitro benzene ring substituents is 1. The van der Waals surface area contributed by atoms with E-state index in [4.69, 9.17) is 11.6 Å². The summed E-state index contributed by atoms with van der Waals surface area (Å²) in [7, 11) is 0. The Bertz CT molecular complexity index is 801. The Kier molecular flexibility index (Phi) is 6.36. The molecule has 0 heterocycles. The summed E-state index contributed by atoms with van der Waals surface area (Å²) in [6.45, 7) is 6.43. The van der Waals surface area contributed by atoms with Crippen LogP contribution in [0.2, 0.25) is 0 Å². The molecule has 0 saturated heterocycles. The lowest BCUT2D eigenvalue weighted by atomic mass is 9.91. The Morgan fingerprint density at radius 1 is 1.00 bits per heavy atom. The lowest BCUT2D eigenvalue weighted by Crippen LogP contribution is -2.23. The third kappa shape index (κ3) is 3.86. The molecule has 0 atom stereocenters. The normalized spacial score (nSPS) is 11.8. The van der Waals surface area contributed by atoms with Crippen LogP contribution in [0.15, 0.2) is 36.4 Å². The summed E-state index contributed by atoms with van der Waals surface area (Å²) in [4.78, 5) is 10.4. The number of non-ortho nitro benzene ring substituents is 1. The van der Waals surface area contributed by atoms with E-state index in [9.17, 15) is 10.1 Å². The van der Waals surface area contributed by atoms with Crippen molar-refractivity contribution >= 4 is 17.1 Å². The molecule has 2 rings (SSSR count). The number of rotatable bonds is 7. The zero-order valence-electron chi connectivity index (χ0n) is 15.5. The Balaban J connectivity index is 2.58. The molecule has 5 N–H and O–H groups in total. The average Bonchev–Trinajstić information content (AvgIpc) is 2.67. The van der Waals surface area contributed by atoms with E-state index in [1.165, 1.54) is 28.8 Å². The summed E-state index contributed by atoms with van der Waals surface area (Å²) in [6.07, 6.45) is 2.85. The summed E-state index contributed by atoms with van der Waals surface area (Å²) < 4.78 is 0. The molecule has 0 saturated carbocycles. The van der Waals surface area contributed by atoms with Gasteiger partial charge in [-0.1, -0.05) is 20.8 Å². The van der Waals surface area contributed by atoms with Crippen molar-refractivity contribution in [2.75, 3.05) is 0 Å². The van der Waals surface area contributed by atoms with E-state index in [0.717, 1.165) is 24.8 Å². The lowest BCUT2D eigenvalue weighted by Gasteiger charge is -2.17. The molecular formula is C20H26N4O2. The molecular weight excluding hydrogens is 328 g/mol. The molecule has 0 aliphatic rings. The zero-order chi connectivity index (χ0) is 19.3. The maximum atomic E-state index is 10.8. The van der Waals surface area contributed by atoms with Gasteiger partial charge in [-0.05, 0) is 60.2 Å². The highest BCUT2D eigenvalue weighted by molar-refractivity contribution is 5.88. The average molecular weight is 354 g/mol. The second kappa shape index (κ2) is 8.49. The van der Waals surface area contributed by atoms with Gasteiger partial charge in [0.1, 0.15) is 0 Å². The fourth-order valence-electron chi connectivity index (χ4n) is 3.25. The van der Waals surface area contributed by atoms with Crippen LogP contribution in [-0.4, -0.2) is 4.92 Å². The topological polar surface area (TPSA) is 107 Å². The number of hydrogen-bond donors (Lipinski definition) is 3. The van der Waals surface area contributed by atoms with Crippen molar-refractivity contribution in [1.82, 2.24) is 5.43 Å². The first-order valence-electron chi connectivity index (χ1n) is 8.82. The molecule has 0 aliphatic carbocycles. The van der Waals surface area contributed by atoms with Crippen LogP contribution < -0.4 is 17.0 Å². The largest absolute Gasteiger partial charge is 0.397 e. The van der Waals surface area contributed by atoms with Crippen molar-refractivity contribution in [3.63, 3.8) is 0 Å². The Hall–Kier alpha value is -2.86. The predicted octanol–water partition coefficient (Wildman–Crippen LogP) is 3.53. The van der Waals surface area contributed by atoms with Crippen LogP contribution in [0.3, 0.4) is 0 Å². The van der Waals surface area contributed by atoms with E-state index in [1.807, 2.05) is 0 Å². The molecule has 138 valence electrons. The molecule has 0 unspecified atom stereocenters. The zero-order valence-corrected chi connectivity index (χ0v) is 15.5. The van der Waals surface area contributed by atoms with Gasteiger partial charge in [-0.2, -0.15) is 0 Å². The van der Waals surface area contributed by atoms with Crippen molar-refractivity contribution < 1.29 is 4.92 Å². The highest BCUT2D eigenvalue weighted by Gasteiger charge is 2.14. The van der Waals surface area contributed by atoms with Gasteiger partial charge in [0.25, 0.3) is 5.69 Å². The SMILES string of the molecule is CCc1cc(/C(N)=C(/NN)c2ccc([N+](=O)[O-])cc2)cc(CC)c1CC. The van der Waals surface area contributed by atoms with E-state index in [0.29, 0.717) is 17.0 Å². The summed E-state index contributed by atoms with van der Waals surface area (Å²) in [5.74, 6) is 5.72. The quantitative estimate of drug-likeness (QED) is 0.305. The van der Waals surface area contributed by atoms with Crippen molar-refractivity contribution in [3.05, 3.63) is 74.3 Å². The summed E-state index contributed by atoms with van der Waals surface area (Å²) in [6, 6.07) is 10.4. The standard InChI is InChI=1S/C20H26N4O2/c1-4-13-11-16(12-14(5-2)18(13)6-3)19(21)20(23-22)15-7-9-17(10-8-15)24(25)26/h7-12,23H,4-6,21-22H2,1-3H3/b20-19-. The van der Waals surface area contributed by atoms with Gasteiger partial charge in [-0.15, -0.1) is 0 Å². The minimum atomic E-state index is -0.434. The fraction of sp³-hybridized carbons (Fsp3) is 0.300. The monoisotopic (exact) mass is 354 g/mol. The van der Waals surface area contributed by atoms with Gasteiger partial charge in [-0.25, -0.2) is 0 Å². The molecule has 6 heteroatoms. The Morgan fingerprint density at radius 2 is 1.54 bits per heavy atom. The van der Waals surface area contributed by atoms with Gasteiger partial charge in [-0.3, -0.25) is 16.0 Å². The number of hydrazine groups is 1. The Labute approximate surface area is 154 Å². The first-order valence-corrected chi connectivity index (χ1v) is 8.82. The van der Waals surface area contributed by atoms with Gasteiger partial charge in [0, 0.05) is 23.3 Å². The highest BCUT2D eigenvalue weighted by atomic mass is 16.6. The number of aryl methyl sites for hydroxylation is 2. The number of benzene rings is 2. The van der Waals surface area contributed by atoms with Crippen LogP contribution in [0.4, 0.5) is 5.69 Å². The number of nitro groups is 1. The van der Waals surface area contributed by atoms with Crippen molar-refractivity contribution in [2.45, 2.75) is 40.0 Å². The fourth-order valence-corrected chi connectivity index (χ4v) is 3.25. The molecule has 2 aromatic carbocycles. The molecule has 0 aromatic heterocycles. The summed E-state index contributed by atoms with van der Waals surface area (Å²) >= 11 is 0. The first kappa shape index (κ1) is 19.5.